The third-order valence-electron chi connectivity index (χ3n) is 4.85. The molecular weight excluding hydrogens is 396 g/mol. The van der Waals surface area contributed by atoms with E-state index < -0.39 is 6.04 Å². The summed E-state index contributed by atoms with van der Waals surface area (Å²) < 4.78 is 0. The molecule has 2 N–H and O–H groups in total. The summed E-state index contributed by atoms with van der Waals surface area (Å²) in [6.07, 6.45) is 8.99. The number of rotatable bonds is 6. The van der Waals surface area contributed by atoms with Gasteiger partial charge in [0.15, 0.2) is 5.82 Å². The van der Waals surface area contributed by atoms with Crippen molar-refractivity contribution in [3.63, 3.8) is 0 Å². The molecule has 148 valence electrons. The Morgan fingerprint density at radius 1 is 1.21 bits per heavy atom. The van der Waals surface area contributed by atoms with E-state index >= 15 is 0 Å². The summed E-state index contributed by atoms with van der Waals surface area (Å²) in [5, 5.41) is 9.81. The highest BCUT2D eigenvalue weighted by molar-refractivity contribution is 6.28. The molecule has 0 spiro atoms. The normalized spacial score (nSPS) is 18.2. The number of hydrogen-bond acceptors (Lipinski definition) is 9. The third kappa shape index (κ3) is 3.56. The first-order valence-corrected chi connectivity index (χ1v) is 9.60. The molecule has 1 aliphatic carbocycles. The van der Waals surface area contributed by atoms with Crippen LogP contribution in [0.3, 0.4) is 0 Å². The Hall–Kier alpha value is -3.34. The minimum atomic E-state index is -0.412. The van der Waals surface area contributed by atoms with Gasteiger partial charge in [0, 0.05) is 31.0 Å². The molecule has 1 amide bonds. The van der Waals surface area contributed by atoms with E-state index in [0.717, 1.165) is 18.7 Å². The minimum absolute atomic E-state index is 0.0788. The van der Waals surface area contributed by atoms with Crippen LogP contribution in [0.25, 0.3) is 0 Å². The second-order valence-electron chi connectivity index (χ2n) is 6.83. The largest absolute Gasteiger partial charge is 0.328 e. The molecule has 11 nitrogen and oxygen atoms in total. The number of halogens is 1. The first-order chi connectivity index (χ1) is 14.2. The van der Waals surface area contributed by atoms with Crippen molar-refractivity contribution >= 4 is 41.0 Å². The molecule has 0 aromatic carbocycles. The summed E-state index contributed by atoms with van der Waals surface area (Å²) in [6.45, 7) is 0.645. The van der Waals surface area contributed by atoms with E-state index in [1.165, 1.54) is 12.4 Å². The lowest BCUT2D eigenvalue weighted by atomic mass is 10.0. The van der Waals surface area contributed by atoms with Crippen LogP contribution in [0, 0.1) is 0 Å². The van der Waals surface area contributed by atoms with Crippen molar-refractivity contribution in [1.29, 1.82) is 0 Å². The van der Waals surface area contributed by atoms with Crippen molar-refractivity contribution in [3.8, 4) is 0 Å². The Morgan fingerprint density at radius 2 is 2.10 bits per heavy atom. The summed E-state index contributed by atoms with van der Waals surface area (Å²) in [5.41, 5.74) is 0. The molecule has 1 aliphatic heterocycles. The number of carbonyl (C=O) groups is 1. The van der Waals surface area contributed by atoms with Crippen LogP contribution < -0.4 is 15.1 Å². The van der Waals surface area contributed by atoms with Gasteiger partial charge in [-0.1, -0.05) is 0 Å². The molecule has 4 heterocycles. The van der Waals surface area contributed by atoms with Gasteiger partial charge in [-0.15, -0.1) is 0 Å². The lowest BCUT2D eigenvalue weighted by Crippen LogP contribution is -2.55. The molecule has 5 rings (SSSR count). The zero-order valence-corrected chi connectivity index (χ0v) is 16.0. The predicted molar refractivity (Wildman–Crippen MR) is 105 cm³/mol. The van der Waals surface area contributed by atoms with E-state index in [-0.39, 0.29) is 17.2 Å². The summed E-state index contributed by atoms with van der Waals surface area (Å²) in [6, 6.07) is 1.73. The molecule has 2 aliphatic rings. The average Bonchev–Trinajstić information content (AvgIpc) is 3.35. The van der Waals surface area contributed by atoms with Crippen molar-refractivity contribution in [2.75, 3.05) is 21.7 Å². The van der Waals surface area contributed by atoms with Gasteiger partial charge in [0.2, 0.25) is 23.1 Å². The van der Waals surface area contributed by atoms with Crippen LogP contribution in [0.5, 0.6) is 0 Å². The molecule has 1 atom stereocenters. The Bertz CT molecular complexity index is 1010. The van der Waals surface area contributed by atoms with Gasteiger partial charge in [-0.05, 0) is 30.9 Å². The van der Waals surface area contributed by atoms with Crippen LogP contribution in [-0.2, 0) is 4.79 Å². The van der Waals surface area contributed by atoms with E-state index in [4.69, 9.17) is 11.6 Å². The molecule has 1 saturated heterocycles. The highest BCUT2D eigenvalue weighted by atomic mass is 35.5. The van der Waals surface area contributed by atoms with E-state index in [0.29, 0.717) is 30.7 Å². The second-order valence-corrected chi connectivity index (χ2v) is 7.16. The molecule has 0 radical (unpaired) electrons. The third-order valence-corrected chi connectivity index (χ3v) is 5.02. The minimum Gasteiger partial charge on any atom is -0.328 e. The molecule has 3 aromatic rings. The summed E-state index contributed by atoms with van der Waals surface area (Å²) in [4.78, 5) is 37.6. The standard InChI is InChI=1S/C17H17ClN10O/c18-15-23-16(25-17(24-15)28(10-1-2-10)13-3-5-21-26-13)27-8-4-11(27)14(29)22-12-9-19-6-7-20-12/h3,5-7,9-11H,1-2,4,8H2,(H,21,26)(H,20,22,29). The lowest BCUT2D eigenvalue weighted by Gasteiger charge is -2.39. The first-order valence-electron chi connectivity index (χ1n) is 9.23. The van der Waals surface area contributed by atoms with Crippen molar-refractivity contribution in [1.82, 2.24) is 35.1 Å². The lowest BCUT2D eigenvalue weighted by molar-refractivity contribution is -0.118. The van der Waals surface area contributed by atoms with Crippen LogP contribution >= 0.6 is 11.6 Å². The molecular formula is C17H17ClN10O. The van der Waals surface area contributed by atoms with Crippen LogP contribution in [0.2, 0.25) is 5.28 Å². The van der Waals surface area contributed by atoms with Crippen molar-refractivity contribution in [2.45, 2.75) is 31.3 Å². The van der Waals surface area contributed by atoms with E-state index in [1.54, 1.807) is 17.3 Å². The fourth-order valence-corrected chi connectivity index (χ4v) is 3.37. The van der Waals surface area contributed by atoms with Crippen LogP contribution in [0.4, 0.5) is 23.5 Å². The van der Waals surface area contributed by atoms with Gasteiger partial charge >= 0.3 is 0 Å². The number of aromatic nitrogens is 7. The Kier molecular flexibility index (Phi) is 4.43. The maximum Gasteiger partial charge on any atom is 0.248 e. The van der Waals surface area contributed by atoms with Gasteiger partial charge in [0.25, 0.3) is 0 Å². The Labute approximate surface area is 170 Å². The highest BCUT2D eigenvalue weighted by Gasteiger charge is 2.38. The zero-order chi connectivity index (χ0) is 19.8. The quantitative estimate of drug-likeness (QED) is 0.619. The molecule has 3 aromatic heterocycles. The highest BCUT2D eigenvalue weighted by Crippen LogP contribution is 2.36. The number of hydrogen-bond donors (Lipinski definition) is 2. The SMILES string of the molecule is O=C(Nc1cnccn1)C1CCN1c1nc(Cl)nc(N(c2ccn[nH]2)C2CC2)n1. The van der Waals surface area contributed by atoms with Gasteiger partial charge in [-0.2, -0.15) is 20.1 Å². The molecule has 2 fully saturated rings. The summed E-state index contributed by atoms with van der Waals surface area (Å²) in [7, 11) is 0. The van der Waals surface area contributed by atoms with E-state index in [9.17, 15) is 4.79 Å². The Morgan fingerprint density at radius 3 is 2.76 bits per heavy atom. The van der Waals surface area contributed by atoms with E-state index in [2.05, 4.69) is 40.4 Å². The van der Waals surface area contributed by atoms with Crippen LogP contribution in [0.15, 0.2) is 30.9 Å². The van der Waals surface area contributed by atoms with Gasteiger partial charge in [-0.3, -0.25) is 19.8 Å². The Balaban J connectivity index is 1.39. The topological polar surface area (TPSA) is 129 Å². The smallest absolute Gasteiger partial charge is 0.248 e. The van der Waals surface area contributed by atoms with Gasteiger partial charge in [0.05, 0.1) is 12.4 Å². The second kappa shape index (κ2) is 7.24. The fraction of sp³-hybridized carbons (Fsp3) is 0.353. The number of anilines is 4. The number of carbonyl (C=O) groups excluding carboxylic acids is 1. The van der Waals surface area contributed by atoms with E-state index in [1.807, 2.05) is 11.0 Å². The van der Waals surface area contributed by atoms with Gasteiger partial charge in [-0.25, -0.2) is 4.98 Å². The summed E-state index contributed by atoms with van der Waals surface area (Å²) in [5.74, 6) is 1.81. The van der Waals surface area contributed by atoms with Crippen LogP contribution in [0.1, 0.15) is 19.3 Å². The monoisotopic (exact) mass is 412 g/mol. The summed E-state index contributed by atoms with van der Waals surface area (Å²) >= 11 is 6.20. The van der Waals surface area contributed by atoms with Crippen molar-refractivity contribution in [3.05, 3.63) is 36.1 Å². The molecule has 1 unspecified atom stereocenters. The average molecular weight is 413 g/mol. The number of aromatic amines is 1. The maximum absolute atomic E-state index is 12.6. The molecule has 29 heavy (non-hydrogen) atoms. The van der Waals surface area contributed by atoms with Crippen LogP contribution in [-0.4, -0.2) is 59.7 Å². The number of nitrogens with zero attached hydrogens (tertiary/aromatic N) is 8. The predicted octanol–water partition coefficient (Wildman–Crippen LogP) is 1.56. The molecule has 12 heteroatoms. The number of amides is 1. The fourth-order valence-electron chi connectivity index (χ4n) is 3.22. The van der Waals surface area contributed by atoms with Crippen molar-refractivity contribution in [2.24, 2.45) is 0 Å². The van der Waals surface area contributed by atoms with Gasteiger partial charge in [0.1, 0.15) is 11.9 Å². The van der Waals surface area contributed by atoms with Gasteiger partial charge < -0.3 is 10.2 Å². The van der Waals surface area contributed by atoms with Crippen molar-refractivity contribution < 1.29 is 4.79 Å². The number of nitrogens with one attached hydrogen (secondary N) is 2. The zero-order valence-electron chi connectivity index (χ0n) is 15.2. The number of H-pyrrole nitrogens is 1. The molecule has 1 saturated carbocycles. The maximum atomic E-state index is 12.6. The molecule has 0 bridgehead atoms. The first kappa shape index (κ1) is 17.7.